The molecule has 0 radical (unpaired) electrons. The molecule has 0 bridgehead atoms. The van der Waals surface area contributed by atoms with E-state index in [0.717, 1.165) is 12.2 Å². The van der Waals surface area contributed by atoms with Crippen molar-refractivity contribution < 1.29 is 4.74 Å². The molecule has 0 fully saturated rings. The van der Waals surface area contributed by atoms with Crippen molar-refractivity contribution >= 4 is 0 Å². The Morgan fingerprint density at radius 3 is 3.18 bits per heavy atom. The number of fused-ring (bicyclic) bond motifs is 4. The van der Waals surface area contributed by atoms with Crippen LogP contribution in [0, 0.1) is 5.92 Å². The fraction of sp³-hybridized carbons (Fsp3) is 0.125. The summed E-state index contributed by atoms with van der Waals surface area (Å²) in [7, 11) is 0. The Kier molecular flexibility index (Phi) is 1.72. The molecule has 1 unspecified atom stereocenters. The van der Waals surface area contributed by atoms with Crippen LogP contribution in [0.3, 0.4) is 0 Å². The second-order valence-electron chi connectivity index (χ2n) is 4.61. The van der Waals surface area contributed by atoms with Crippen LogP contribution >= 0.6 is 0 Å². The molecule has 0 spiro atoms. The average Bonchev–Trinajstić information content (AvgIpc) is 2.78. The molecule has 1 heteroatoms. The lowest BCUT2D eigenvalue weighted by Gasteiger charge is -2.23. The number of hydrogen-bond donors (Lipinski definition) is 0. The Labute approximate surface area is 100 Å². The van der Waals surface area contributed by atoms with E-state index < -0.39 is 0 Å². The molecule has 1 nitrogen and oxygen atoms in total. The third-order valence-corrected chi connectivity index (χ3v) is 3.66. The summed E-state index contributed by atoms with van der Waals surface area (Å²) in [6, 6.07) is 0. The van der Waals surface area contributed by atoms with E-state index in [0.29, 0.717) is 5.92 Å². The molecule has 82 valence electrons. The molecule has 0 N–H and O–H groups in total. The molecule has 1 atom stereocenters. The van der Waals surface area contributed by atoms with Crippen LogP contribution in [-0.2, 0) is 4.74 Å². The Bertz CT molecular complexity index is 603. The summed E-state index contributed by atoms with van der Waals surface area (Å²) >= 11 is 0. The third-order valence-electron chi connectivity index (χ3n) is 3.66. The van der Waals surface area contributed by atoms with Gasteiger partial charge >= 0.3 is 0 Å². The normalized spacial score (nSPS) is 27.8. The SMILES string of the molecule is C1=CCC2=C3C=C4C=CC=CC4C3=COC2=C1. The molecule has 4 rings (SSSR count). The largest absolute Gasteiger partial charge is 0.464 e. The van der Waals surface area contributed by atoms with Crippen molar-refractivity contribution in [1.82, 2.24) is 0 Å². The highest BCUT2D eigenvalue weighted by Gasteiger charge is 2.31. The van der Waals surface area contributed by atoms with Crippen LogP contribution in [-0.4, -0.2) is 0 Å². The number of allylic oxidation sites excluding steroid dienone is 12. The van der Waals surface area contributed by atoms with E-state index in [-0.39, 0.29) is 0 Å². The van der Waals surface area contributed by atoms with E-state index in [9.17, 15) is 0 Å². The maximum atomic E-state index is 5.74. The van der Waals surface area contributed by atoms with Crippen LogP contribution in [0.1, 0.15) is 6.42 Å². The Balaban J connectivity index is 1.91. The molecule has 4 aliphatic rings. The lowest BCUT2D eigenvalue weighted by Crippen LogP contribution is -2.08. The third kappa shape index (κ3) is 1.19. The Hall–Kier alpha value is -2.02. The van der Waals surface area contributed by atoms with Gasteiger partial charge in [-0.05, 0) is 29.7 Å². The van der Waals surface area contributed by atoms with E-state index in [1.165, 1.54) is 22.3 Å². The van der Waals surface area contributed by atoms with Crippen molar-refractivity contribution in [1.29, 1.82) is 0 Å². The van der Waals surface area contributed by atoms with Crippen molar-refractivity contribution in [3.8, 4) is 0 Å². The topological polar surface area (TPSA) is 9.23 Å². The van der Waals surface area contributed by atoms with Crippen molar-refractivity contribution in [3.05, 3.63) is 82.9 Å². The summed E-state index contributed by atoms with van der Waals surface area (Å²) in [4.78, 5) is 0. The molecule has 0 saturated carbocycles. The van der Waals surface area contributed by atoms with Crippen LogP contribution in [0.2, 0.25) is 0 Å². The molecule has 0 aromatic heterocycles. The monoisotopic (exact) mass is 220 g/mol. The Morgan fingerprint density at radius 1 is 1.18 bits per heavy atom. The number of hydrogen-bond acceptors (Lipinski definition) is 1. The maximum Gasteiger partial charge on any atom is 0.130 e. The first-order chi connectivity index (χ1) is 8.43. The van der Waals surface area contributed by atoms with Gasteiger partial charge in [0.2, 0.25) is 0 Å². The summed E-state index contributed by atoms with van der Waals surface area (Å²) in [6.45, 7) is 0. The van der Waals surface area contributed by atoms with E-state index in [2.05, 4.69) is 42.5 Å². The van der Waals surface area contributed by atoms with Gasteiger partial charge in [-0.2, -0.15) is 0 Å². The molecule has 0 aromatic carbocycles. The first kappa shape index (κ1) is 9.06. The van der Waals surface area contributed by atoms with Gasteiger partial charge in [-0.1, -0.05) is 36.5 Å². The molecule has 0 aromatic rings. The highest BCUT2D eigenvalue weighted by atomic mass is 16.5. The zero-order valence-corrected chi connectivity index (χ0v) is 9.39. The molecular formula is C16H12O. The van der Waals surface area contributed by atoms with Gasteiger partial charge in [-0.15, -0.1) is 0 Å². The van der Waals surface area contributed by atoms with Crippen molar-refractivity contribution in [3.63, 3.8) is 0 Å². The summed E-state index contributed by atoms with van der Waals surface area (Å²) in [5, 5.41) is 0. The van der Waals surface area contributed by atoms with Gasteiger partial charge in [-0.25, -0.2) is 0 Å². The van der Waals surface area contributed by atoms with Crippen molar-refractivity contribution in [2.24, 2.45) is 5.92 Å². The van der Waals surface area contributed by atoms with E-state index >= 15 is 0 Å². The Morgan fingerprint density at radius 2 is 2.18 bits per heavy atom. The van der Waals surface area contributed by atoms with Crippen molar-refractivity contribution in [2.45, 2.75) is 6.42 Å². The van der Waals surface area contributed by atoms with E-state index in [1.807, 2.05) is 12.3 Å². The van der Waals surface area contributed by atoms with Gasteiger partial charge in [-0.3, -0.25) is 0 Å². The van der Waals surface area contributed by atoms with Gasteiger partial charge < -0.3 is 4.74 Å². The van der Waals surface area contributed by atoms with Gasteiger partial charge in [0.1, 0.15) is 5.76 Å². The van der Waals surface area contributed by atoms with Crippen LogP contribution < -0.4 is 0 Å². The van der Waals surface area contributed by atoms with Crippen LogP contribution in [0.25, 0.3) is 0 Å². The molecule has 17 heavy (non-hydrogen) atoms. The quantitative estimate of drug-likeness (QED) is 0.604. The predicted octanol–water partition coefficient (Wildman–Crippen LogP) is 3.72. The first-order valence-electron chi connectivity index (χ1n) is 5.97. The molecule has 0 saturated heterocycles. The molecule has 0 amide bonds. The second-order valence-corrected chi connectivity index (χ2v) is 4.61. The minimum Gasteiger partial charge on any atom is -0.464 e. The fourth-order valence-electron chi connectivity index (χ4n) is 2.82. The lowest BCUT2D eigenvalue weighted by atomic mass is 9.89. The van der Waals surface area contributed by atoms with Crippen molar-refractivity contribution in [2.75, 3.05) is 0 Å². The van der Waals surface area contributed by atoms with Gasteiger partial charge in [0.15, 0.2) is 0 Å². The van der Waals surface area contributed by atoms with E-state index in [4.69, 9.17) is 4.74 Å². The molecular weight excluding hydrogens is 208 g/mol. The fourth-order valence-corrected chi connectivity index (χ4v) is 2.82. The summed E-state index contributed by atoms with van der Waals surface area (Å²) in [5.41, 5.74) is 5.38. The predicted molar refractivity (Wildman–Crippen MR) is 67.9 cm³/mol. The first-order valence-corrected chi connectivity index (χ1v) is 5.97. The lowest BCUT2D eigenvalue weighted by molar-refractivity contribution is 0.346. The maximum absolute atomic E-state index is 5.74. The molecule has 3 aliphatic carbocycles. The molecule has 1 aliphatic heterocycles. The zero-order valence-electron chi connectivity index (χ0n) is 9.39. The summed E-state index contributed by atoms with van der Waals surface area (Å²) in [5.74, 6) is 1.41. The van der Waals surface area contributed by atoms with E-state index in [1.54, 1.807) is 0 Å². The van der Waals surface area contributed by atoms with Crippen LogP contribution in [0.15, 0.2) is 82.9 Å². The molecule has 1 heterocycles. The highest BCUT2D eigenvalue weighted by molar-refractivity contribution is 5.65. The van der Waals surface area contributed by atoms with Gasteiger partial charge in [0, 0.05) is 17.1 Å². The summed E-state index contributed by atoms with van der Waals surface area (Å²) < 4.78 is 5.74. The standard InChI is InChI=1S/C16H12O/c1-2-6-12-11(5-1)9-14-13-7-3-4-8-16(13)17-10-15(12)14/h1-6,8-10,12H,7H2. The smallest absolute Gasteiger partial charge is 0.130 e. The second kappa shape index (κ2) is 3.24. The van der Waals surface area contributed by atoms with Crippen LogP contribution in [0.5, 0.6) is 0 Å². The minimum atomic E-state index is 0.398. The van der Waals surface area contributed by atoms with Gasteiger partial charge in [0.25, 0.3) is 0 Å². The van der Waals surface area contributed by atoms with Crippen LogP contribution in [0.4, 0.5) is 0 Å². The zero-order chi connectivity index (χ0) is 11.2. The highest BCUT2D eigenvalue weighted by Crippen LogP contribution is 2.45. The number of rotatable bonds is 0. The van der Waals surface area contributed by atoms with Gasteiger partial charge in [0.05, 0.1) is 6.26 Å². The average molecular weight is 220 g/mol. The minimum absolute atomic E-state index is 0.398. The number of ether oxygens (including phenoxy) is 1. The summed E-state index contributed by atoms with van der Waals surface area (Å²) in [6.07, 6.45) is 20.1.